The van der Waals surface area contributed by atoms with Crippen LogP contribution in [0, 0.1) is 23.7 Å². The maximum Gasteiger partial charge on any atom is 0.306 e. The molecule has 3 heterocycles. The number of likely N-dealkylation sites (N-methyl/N-ethyl adjacent to an activating group) is 1. The molecule has 88 heavy (non-hydrogen) atoms. The molecule has 0 aliphatic carbocycles. The summed E-state index contributed by atoms with van der Waals surface area (Å²) in [5.74, 6) is -8.89. The lowest BCUT2D eigenvalue weighted by atomic mass is 9.81. The second-order valence-corrected chi connectivity index (χ2v) is 24.5. The number of benzene rings is 1. The molecule has 2 aromatic rings. The van der Waals surface area contributed by atoms with Gasteiger partial charge in [-0.25, -0.2) is 4.98 Å². The zero-order valence-corrected chi connectivity index (χ0v) is 53.1. The average molecular weight is 1250 g/mol. The van der Waals surface area contributed by atoms with Gasteiger partial charge in [-0.05, 0) is 96.0 Å². The molecule has 1 aromatic carbocycles. The lowest BCUT2D eigenvalue weighted by molar-refractivity contribution is -0.150. The van der Waals surface area contributed by atoms with E-state index in [2.05, 4.69) is 26.3 Å². The first kappa shape index (κ1) is 72.5. The van der Waals surface area contributed by atoms with Crippen LogP contribution >= 0.6 is 11.3 Å². The molecule has 0 fully saturated rings. The van der Waals surface area contributed by atoms with Crippen molar-refractivity contribution < 1.29 is 77.3 Å². The number of carbonyl (C=O) groups excluding carboxylic acids is 12. The Labute approximate surface area is 517 Å². The van der Waals surface area contributed by atoms with Crippen molar-refractivity contribution >= 4 is 93.7 Å². The molecule has 6 N–H and O–H groups in total. The van der Waals surface area contributed by atoms with Gasteiger partial charge in [0.1, 0.15) is 22.5 Å². The first-order valence-corrected chi connectivity index (χ1v) is 30.6. The molecule has 7 atom stereocenters. The number of nitrogens with zero attached hydrogens (tertiary/aromatic N) is 5. The lowest BCUT2D eigenvalue weighted by Gasteiger charge is -2.38. The molecule has 2 aliphatic heterocycles. The van der Waals surface area contributed by atoms with Gasteiger partial charge in [-0.2, -0.15) is 0 Å². The quantitative estimate of drug-likeness (QED) is 0.0227. The standard InChI is InChI=1S/C62H87N9O16S/c1-12-37(4)42(32-50(75)62(7,8)68(9)10)60(84)69(11)46(36(2)3)33-49(87-39(6)72)59-67-45(35-88-59)58(83)64-41(29-38(5)61(85)86)30-40-21-22-48(74)43(31-40)65-52(77)18-14-13-17-47(73)44(66-53(78)20-16-28-71-56(81)25-26-57(71)82)34-63-51(76)19-15-27-70-54(79)23-24-55(70)80/h21-26,31,35-38,41-42,44,46,49,74H,12-20,27-30,32-34H2,1-11H3,(H,63,76)(H,64,83)(H,65,77)(H,66,78)(H,85,86)/t37-,38?,41+,42+,44-,46+,49+/m0/s1. The number of ether oxygens (including phenoxy) is 1. The number of anilines is 1. The summed E-state index contributed by atoms with van der Waals surface area (Å²) < 4.78 is 5.81. The maximum atomic E-state index is 14.4. The minimum atomic E-state index is -1.20. The molecule has 0 saturated heterocycles. The Bertz CT molecular complexity index is 2940. The van der Waals surface area contributed by atoms with E-state index < -0.39 is 107 Å². The zero-order valence-electron chi connectivity index (χ0n) is 52.3. The van der Waals surface area contributed by atoms with Gasteiger partial charge in [0.15, 0.2) is 17.7 Å². The van der Waals surface area contributed by atoms with Gasteiger partial charge in [-0.3, -0.25) is 77.0 Å². The molecule has 0 radical (unpaired) electrons. The van der Waals surface area contributed by atoms with Crippen molar-refractivity contribution in [2.75, 3.05) is 46.1 Å². The van der Waals surface area contributed by atoms with Gasteiger partial charge >= 0.3 is 11.9 Å². The highest BCUT2D eigenvalue weighted by Gasteiger charge is 2.39. The minimum Gasteiger partial charge on any atom is -0.506 e. The summed E-state index contributed by atoms with van der Waals surface area (Å²) >= 11 is 1.07. The monoisotopic (exact) mass is 1250 g/mol. The number of esters is 1. The molecule has 0 saturated carbocycles. The second-order valence-electron chi connectivity index (χ2n) is 23.6. The number of ketones is 2. The Kier molecular flexibility index (Phi) is 28.0. The molecule has 2 aliphatic rings. The molecule has 9 amide bonds. The van der Waals surface area contributed by atoms with E-state index in [4.69, 9.17) is 4.74 Å². The van der Waals surface area contributed by atoms with E-state index in [9.17, 15) is 72.5 Å². The lowest BCUT2D eigenvalue weighted by Crippen LogP contribution is -2.50. The summed E-state index contributed by atoms with van der Waals surface area (Å²) in [4.78, 5) is 177. The first-order valence-electron chi connectivity index (χ1n) is 29.8. The van der Waals surface area contributed by atoms with Crippen molar-refractivity contribution in [1.29, 1.82) is 0 Å². The number of rotatable bonds is 38. The SMILES string of the molecule is CC[C@H](C)[C@@H](CC(=O)C(C)(C)N(C)C)C(=O)N(C)[C@H](C[C@@H](OC(C)=O)c1nc(C(=O)N[C@@H](Cc2ccc(O)c(NC(=O)CCCCC(=O)[C@H](CNC(=O)CCCN3C(=O)C=CC3=O)NC(=O)CCCN3C(=O)C=CC3=O)c2)CC(C)C(=O)O)cs1)C(C)C. The molecule has 1 aromatic heterocycles. The van der Waals surface area contributed by atoms with E-state index in [1.165, 1.54) is 31.4 Å². The third-order valence-corrected chi connectivity index (χ3v) is 17.1. The molecule has 1 unspecified atom stereocenters. The van der Waals surface area contributed by atoms with Crippen LogP contribution in [0.3, 0.4) is 0 Å². The number of hydrogen-bond acceptors (Lipinski definition) is 18. The summed E-state index contributed by atoms with van der Waals surface area (Å²) in [6.07, 6.45) is 4.42. The largest absolute Gasteiger partial charge is 0.506 e. The predicted octanol–water partition coefficient (Wildman–Crippen LogP) is 4.82. The topological polar surface area (TPSA) is 346 Å². The van der Waals surface area contributed by atoms with Gasteiger partial charge in [-0.15, -0.1) is 11.3 Å². The molecule has 25 nitrogen and oxygen atoms in total. The number of carboxylic acids is 1. The van der Waals surface area contributed by atoms with E-state index in [1.807, 2.05) is 60.5 Å². The molecule has 4 rings (SSSR count). The van der Waals surface area contributed by atoms with Crippen LogP contribution in [0.4, 0.5) is 5.69 Å². The maximum absolute atomic E-state index is 14.4. The van der Waals surface area contributed by atoms with Crippen molar-refractivity contribution in [2.45, 2.75) is 169 Å². The first-order chi connectivity index (χ1) is 41.3. The summed E-state index contributed by atoms with van der Waals surface area (Å²) in [7, 11) is 5.31. The van der Waals surface area contributed by atoms with Gasteiger partial charge in [0, 0.05) is 120 Å². The minimum absolute atomic E-state index is 0.00237. The van der Waals surface area contributed by atoms with E-state index in [-0.39, 0.29) is 142 Å². The third kappa shape index (κ3) is 21.7. The van der Waals surface area contributed by atoms with Gasteiger partial charge in [0.25, 0.3) is 29.5 Å². The summed E-state index contributed by atoms with van der Waals surface area (Å²) in [6, 6.07) is 1.85. The summed E-state index contributed by atoms with van der Waals surface area (Å²) in [6.45, 7) is 13.8. The molecular formula is C62H87N9O16S. The predicted molar refractivity (Wildman–Crippen MR) is 325 cm³/mol. The van der Waals surface area contributed by atoms with Gasteiger partial charge in [0.05, 0.1) is 17.1 Å². The van der Waals surface area contributed by atoms with Crippen LogP contribution in [-0.4, -0.2) is 176 Å². The number of phenols is 1. The number of aromatic nitrogens is 1. The zero-order chi connectivity index (χ0) is 65.7. The number of aliphatic carboxylic acids is 1. The fourth-order valence-electron chi connectivity index (χ4n) is 9.94. The van der Waals surface area contributed by atoms with E-state index in [0.717, 1.165) is 45.4 Å². The van der Waals surface area contributed by atoms with Crippen LogP contribution in [0.5, 0.6) is 5.75 Å². The Morgan fingerprint density at radius 1 is 0.761 bits per heavy atom. The molecular weight excluding hydrogens is 1160 g/mol. The number of nitrogens with one attached hydrogen (secondary N) is 4. The molecule has 482 valence electrons. The summed E-state index contributed by atoms with van der Waals surface area (Å²) in [5, 5.41) is 33.2. The van der Waals surface area contributed by atoms with Crippen LogP contribution in [0.25, 0.3) is 0 Å². The second kappa shape index (κ2) is 33.9. The number of carbonyl (C=O) groups is 13. The average Bonchev–Trinajstić information content (AvgIpc) is 3.30. The number of unbranched alkanes of at least 4 members (excludes halogenated alkanes) is 1. The number of imide groups is 2. The van der Waals surface area contributed by atoms with Crippen molar-refractivity contribution in [3.05, 3.63) is 64.1 Å². The fourth-order valence-corrected chi connectivity index (χ4v) is 10.8. The van der Waals surface area contributed by atoms with Crippen molar-refractivity contribution in [1.82, 2.24) is 40.5 Å². The number of aromatic hydroxyl groups is 1. The number of Topliss-reactive ketones (excluding diaryl/α,β-unsaturated/α-hetero) is 2. The highest BCUT2D eigenvalue weighted by molar-refractivity contribution is 7.09. The molecule has 0 spiro atoms. The van der Waals surface area contributed by atoms with Gasteiger partial charge in [-0.1, -0.05) is 47.1 Å². The molecule has 0 bridgehead atoms. The Balaban J connectivity index is 1.40. The smallest absolute Gasteiger partial charge is 0.306 e. The number of phenolic OH excluding ortho intramolecular Hbond substituents is 1. The van der Waals surface area contributed by atoms with Crippen molar-refractivity contribution in [3.63, 3.8) is 0 Å². The number of carboxylic acid groups (broad SMARTS) is 1. The third-order valence-electron chi connectivity index (χ3n) is 16.2. The molecule has 26 heteroatoms. The van der Waals surface area contributed by atoms with E-state index in [1.54, 1.807) is 18.0 Å². The van der Waals surface area contributed by atoms with Gasteiger partial charge < -0.3 is 41.1 Å². The Morgan fingerprint density at radius 3 is 1.88 bits per heavy atom. The van der Waals surface area contributed by atoms with Crippen LogP contribution in [0.15, 0.2) is 47.9 Å². The highest BCUT2D eigenvalue weighted by Crippen LogP contribution is 2.34. The number of thiazole rings is 1. The Morgan fingerprint density at radius 2 is 1.33 bits per heavy atom. The summed E-state index contributed by atoms with van der Waals surface area (Å²) in [5.41, 5.74) is -0.331. The van der Waals surface area contributed by atoms with Crippen molar-refractivity contribution in [2.24, 2.45) is 23.7 Å². The van der Waals surface area contributed by atoms with E-state index >= 15 is 0 Å². The highest BCUT2D eigenvalue weighted by atomic mass is 32.1. The fraction of sp³-hybridized carbons (Fsp3) is 0.581. The van der Waals surface area contributed by atoms with Crippen LogP contribution < -0.4 is 21.3 Å². The Hall–Kier alpha value is -8.00. The van der Waals surface area contributed by atoms with Crippen LogP contribution in [-0.2, 0) is 68.7 Å². The van der Waals surface area contributed by atoms with Crippen LogP contribution in [0.2, 0.25) is 0 Å². The number of hydrogen-bond donors (Lipinski definition) is 6. The number of amides is 9. The normalized spacial score (nSPS) is 15.6. The van der Waals surface area contributed by atoms with E-state index in [0.29, 0.717) is 12.0 Å². The van der Waals surface area contributed by atoms with Crippen LogP contribution in [0.1, 0.15) is 160 Å². The van der Waals surface area contributed by atoms with Gasteiger partial charge in [0.2, 0.25) is 23.6 Å². The van der Waals surface area contributed by atoms with Crippen molar-refractivity contribution in [3.8, 4) is 5.75 Å².